The first-order valence-corrected chi connectivity index (χ1v) is 8.31. The van der Waals surface area contributed by atoms with Gasteiger partial charge in [-0.3, -0.25) is 9.69 Å². The number of carbonyl (C=O) groups is 1. The highest BCUT2D eigenvalue weighted by atomic mass is 16.1. The van der Waals surface area contributed by atoms with E-state index in [-0.39, 0.29) is 11.9 Å². The van der Waals surface area contributed by atoms with Crippen LogP contribution in [-0.4, -0.2) is 48.6 Å². The second-order valence-electron chi connectivity index (χ2n) is 6.31. The maximum Gasteiger partial charge on any atom is 0.221 e. The normalized spacial score (nSPS) is 21.9. The number of amides is 1. The third kappa shape index (κ3) is 6.23. The lowest BCUT2D eigenvalue weighted by molar-refractivity contribution is -0.122. The lowest BCUT2D eigenvalue weighted by Crippen LogP contribution is -2.52. The molecule has 0 bridgehead atoms. The van der Waals surface area contributed by atoms with Gasteiger partial charge in [-0.1, -0.05) is 13.3 Å². The van der Waals surface area contributed by atoms with Crippen molar-refractivity contribution in [1.29, 1.82) is 0 Å². The van der Waals surface area contributed by atoms with Crippen LogP contribution in [0.3, 0.4) is 0 Å². The van der Waals surface area contributed by atoms with Crippen molar-refractivity contribution in [2.75, 3.05) is 19.6 Å². The summed E-state index contributed by atoms with van der Waals surface area (Å²) in [5.74, 6) is 0.179. The molecule has 1 rings (SSSR count). The number of piperidine rings is 1. The molecule has 118 valence electrons. The Labute approximate surface area is 124 Å². The van der Waals surface area contributed by atoms with E-state index in [1.54, 1.807) is 0 Å². The lowest BCUT2D eigenvalue weighted by Gasteiger charge is -2.39. The molecule has 0 aromatic rings. The van der Waals surface area contributed by atoms with Gasteiger partial charge in [0.2, 0.25) is 5.91 Å². The molecule has 0 aliphatic carbocycles. The summed E-state index contributed by atoms with van der Waals surface area (Å²) in [6.45, 7) is 11.6. The number of nitrogens with one attached hydrogen (secondary N) is 2. The molecule has 1 amide bonds. The predicted octanol–water partition coefficient (Wildman–Crippen LogP) is 2.14. The molecule has 1 aliphatic heterocycles. The SMILES string of the molecule is CCCNC(C)C1CCCCN1CCC(=O)NC(C)C. The zero-order chi connectivity index (χ0) is 15.0. The van der Waals surface area contributed by atoms with Gasteiger partial charge < -0.3 is 10.6 Å². The zero-order valence-corrected chi connectivity index (χ0v) is 13.7. The van der Waals surface area contributed by atoms with Crippen molar-refractivity contribution >= 4 is 5.91 Å². The fourth-order valence-electron chi connectivity index (χ4n) is 3.01. The summed E-state index contributed by atoms with van der Waals surface area (Å²) in [4.78, 5) is 14.3. The van der Waals surface area contributed by atoms with Crippen LogP contribution in [0.1, 0.15) is 59.8 Å². The lowest BCUT2D eigenvalue weighted by atomic mass is 9.96. The van der Waals surface area contributed by atoms with E-state index in [0.29, 0.717) is 18.5 Å². The molecule has 2 atom stereocenters. The van der Waals surface area contributed by atoms with E-state index < -0.39 is 0 Å². The molecule has 1 aliphatic rings. The number of rotatable bonds is 8. The largest absolute Gasteiger partial charge is 0.354 e. The summed E-state index contributed by atoms with van der Waals surface area (Å²) in [5, 5.41) is 6.59. The molecule has 1 fully saturated rings. The molecule has 20 heavy (non-hydrogen) atoms. The average Bonchev–Trinajstić information content (AvgIpc) is 2.42. The van der Waals surface area contributed by atoms with E-state index in [9.17, 15) is 4.79 Å². The molecule has 2 N–H and O–H groups in total. The molecule has 0 aromatic heterocycles. The van der Waals surface area contributed by atoms with Crippen molar-refractivity contribution in [2.45, 2.75) is 77.9 Å². The van der Waals surface area contributed by atoms with Crippen molar-refractivity contribution in [1.82, 2.24) is 15.5 Å². The first-order valence-electron chi connectivity index (χ1n) is 8.31. The summed E-state index contributed by atoms with van der Waals surface area (Å²) in [7, 11) is 0. The zero-order valence-electron chi connectivity index (χ0n) is 13.7. The number of hydrogen-bond acceptors (Lipinski definition) is 3. The molecular weight excluding hydrogens is 250 g/mol. The molecule has 1 saturated heterocycles. The summed E-state index contributed by atoms with van der Waals surface area (Å²) < 4.78 is 0. The van der Waals surface area contributed by atoms with Gasteiger partial charge in [0.15, 0.2) is 0 Å². The van der Waals surface area contributed by atoms with Gasteiger partial charge in [0.25, 0.3) is 0 Å². The minimum Gasteiger partial charge on any atom is -0.354 e. The molecule has 0 saturated carbocycles. The molecule has 1 heterocycles. The van der Waals surface area contributed by atoms with Crippen molar-refractivity contribution in [3.8, 4) is 0 Å². The number of carbonyl (C=O) groups excluding carboxylic acids is 1. The Morgan fingerprint density at radius 2 is 2.05 bits per heavy atom. The van der Waals surface area contributed by atoms with Crippen molar-refractivity contribution < 1.29 is 4.79 Å². The Morgan fingerprint density at radius 3 is 2.70 bits per heavy atom. The third-order valence-electron chi connectivity index (χ3n) is 4.03. The summed E-state index contributed by atoms with van der Waals surface area (Å²) in [6, 6.07) is 1.34. The maximum absolute atomic E-state index is 11.8. The quantitative estimate of drug-likeness (QED) is 0.717. The molecule has 4 heteroatoms. The second kappa shape index (κ2) is 9.35. The Morgan fingerprint density at radius 1 is 1.30 bits per heavy atom. The van der Waals surface area contributed by atoms with Crippen molar-refractivity contribution in [3.05, 3.63) is 0 Å². The van der Waals surface area contributed by atoms with Crippen LogP contribution in [-0.2, 0) is 4.79 Å². The molecule has 0 aromatic carbocycles. The van der Waals surface area contributed by atoms with Gasteiger partial charge in [0, 0.05) is 31.1 Å². The Bertz CT molecular complexity index is 281. The fraction of sp³-hybridized carbons (Fsp3) is 0.938. The molecular formula is C16H33N3O. The van der Waals surface area contributed by atoms with Gasteiger partial charge in [-0.05, 0) is 53.1 Å². The van der Waals surface area contributed by atoms with Crippen LogP contribution in [0.5, 0.6) is 0 Å². The highest BCUT2D eigenvalue weighted by Gasteiger charge is 2.27. The summed E-state index contributed by atoms with van der Waals surface area (Å²) in [5.41, 5.74) is 0. The third-order valence-corrected chi connectivity index (χ3v) is 4.03. The molecule has 0 radical (unpaired) electrons. The van der Waals surface area contributed by atoms with Crippen LogP contribution in [0.15, 0.2) is 0 Å². The van der Waals surface area contributed by atoms with Gasteiger partial charge in [-0.25, -0.2) is 0 Å². The summed E-state index contributed by atoms with van der Waals surface area (Å²) >= 11 is 0. The van der Waals surface area contributed by atoms with Crippen molar-refractivity contribution in [3.63, 3.8) is 0 Å². The minimum absolute atomic E-state index is 0.179. The van der Waals surface area contributed by atoms with Crippen LogP contribution in [0, 0.1) is 0 Å². The summed E-state index contributed by atoms with van der Waals surface area (Å²) in [6.07, 6.45) is 5.63. The Kier molecular flexibility index (Phi) is 8.15. The average molecular weight is 283 g/mol. The number of nitrogens with zero attached hydrogens (tertiary/aromatic N) is 1. The standard InChI is InChI=1S/C16H33N3O/c1-5-10-17-14(4)15-8-6-7-11-19(15)12-9-16(20)18-13(2)3/h13-15,17H,5-12H2,1-4H3,(H,18,20). The Hall–Kier alpha value is -0.610. The smallest absolute Gasteiger partial charge is 0.221 e. The first-order chi connectivity index (χ1) is 9.54. The highest BCUT2D eigenvalue weighted by Crippen LogP contribution is 2.20. The monoisotopic (exact) mass is 283 g/mol. The maximum atomic E-state index is 11.8. The second-order valence-corrected chi connectivity index (χ2v) is 6.31. The Balaban J connectivity index is 2.41. The fourth-order valence-corrected chi connectivity index (χ4v) is 3.01. The van der Waals surface area contributed by atoms with Crippen LogP contribution in [0.4, 0.5) is 0 Å². The predicted molar refractivity (Wildman–Crippen MR) is 84.9 cm³/mol. The topological polar surface area (TPSA) is 44.4 Å². The number of hydrogen-bond donors (Lipinski definition) is 2. The van der Waals surface area contributed by atoms with E-state index >= 15 is 0 Å². The van der Waals surface area contributed by atoms with Gasteiger partial charge in [-0.2, -0.15) is 0 Å². The van der Waals surface area contributed by atoms with E-state index in [1.165, 1.54) is 25.7 Å². The van der Waals surface area contributed by atoms with Crippen LogP contribution >= 0.6 is 0 Å². The van der Waals surface area contributed by atoms with E-state index in [0.717, 1.165) is 19.6 Å². The molecule has 2 unspecified atom stereocenters. The highest BCUT2D eigenvalue weighted by molar-refractivity contribution is 5.76. The van der Waals surface area contributed by atoms with Crippen LogP contribution in [0.25, 0.3) is 0 Å². The van der Waals surface area contributed by atoms with Gasteiger partial charge in [-0.15, -0.1) is 0 Å². The van der Waals surface area contributed by atoms with Crippen LogP contribution < -0.4 is 10.6 Å². The van der Waals surface area contributed by atoms with E-state index in [1.807, 2.05) is 13.8 Å². The van der Waals surface area contributed by atoms with E-state index in [2.05, 4.69) is 29.4 Å². The van der Waals surface area contributed by atoms with Crippen molar-refractivity contribution in [2.24, 2.45) is 0 Å². The van der Waals surface area contributed by atoms with Gasteiger partial charge in [0.05, 0.1) is 0 Å². The molecule has 0 spiro atoms. The van der Waals surface area contributed by atoms with Crippen LogP contribution in [0.2, 0.25) is 0 Å². The van der Waals surface area contributed by atoms with E-state index in [4.69, 9.17) is 0 Å². The minimum atomic E-state index is 0.179. The molecule has 4 nitrogen and oxygen atoms in total. The first kappa shape index (κ1) is 17.4. The van der Waals surface area contributed by atoms with Gasteiger partial charge >= 0.3 is 0 Å². The van der Waals surface area contributed by atoms with Gasteiger partial charge in [0.1, 0.15) is 0 Å². The number of likely N-dealkylation sites (tertiary alicyclic amines) is 1.